The Morgan fingerprint density at radius 2 is 1.64 bits per heavy atom. The molecular formula is C15H22N2O6S2. The van der Waals surface area contributed by atoms with E-state index >= 15 is 0 Å². The summed E-state index contributed by atoms with van der Waals surface area (Å²) < 4.78 is 52.9. The van der Waals surface area contributed by atoms with Crippen LogP contribution in [-0.2, 0) is 24.8 Å². The van der Waals surface area contributed by atoms with E-state index in [1.54, 1.807) is 0 Å². The van der Waals surface area contributed by atoms with Gasteiger partial charge in [-0.05, 0) is 43.5 Å². The van der Waals surface area contributed by atoms with Crippen molar-refractivity contribution >= 4 is 26.0 Å². The number of nitrogens with zero attached hydrogens (tertiary/aromatic N) is 1. The maximum atomic E-state index is 12.6. The number of piperidine rings is 1. The van der Waals surface area contributed by atoms with Crippen LogP contribution < -0.4 is 4.72 Å². The lowest BCUT2D eigenvalue weighted by atomic mass is 9.99. The fourth-order valence-electron chi connectivity index (χ4n) is 2.60. The summed E-state index contributed by atoms with van der Waals surface area (Å²) in [4.78, 5) is 11.0. The summed E-state index contributed by atoms with van der Waals surface area (Å²) in [6.07, 6.45) is 1.18. The van der Waals surface area contributed by atoms with Crippen molar-refractivity contribution in [3.05, 3.63) is 24.3 Å². The molecule has 1 heterocycles. The molecule has 25 heavy (non-hydrogen) atoms. The SMILES string of the molecule is CCCNS(=O)(=O)c1ccc(S(=O)(=O)N2CCC(C(=O)O)CC2)cc1. The quantitative estimate of drug-likeness (QED) is 0.712. The second-order valence-corrected chi connectivity index (χ2v) is 9.59. The average molecular weight is 390 g/mol. The van der Waals surface area contributed by atoms with E-state index in [1.165, 1.54) is 28.6 Å². The van der Waals surface area contributed by atoms with Crippen molar-refractivity contribution in [2.24, 2.45) is 5.92 Å². The second kappa shape index (κ2) is 7.81. The zero-order valence-electron chi connectivity index (χ0n) is 13.9. The first-order valence-electron chi connectivity index (χ1n) is 8.01. The van der Waals surface area contributed by atoms with E-state index in [0.717, 1.165) is 0 Å². The van der Waals surface area contributed by atoms with Crippen molar-refractivity contribution in [2.45, 2.75) is 36.0 Å². The van der Waals surface area contributed by atoms with Crippen molar-refractivity contribution in [2.75, 3.05) is 19.6 Å². The van der Waals surface area contributed by atoms with Crippen molar-refractivity contribution in [3.63, 3.8) is 0 Å². The number of hydrogen-bond donors (Lipinski definition) is 2. The number of carboxylic acid groups (broad SMARTS) is 1. The number of nitrogens with one attached hydrogen (secondary N) is 1. The normalized spacial score (nSPS) is 17.5. The molecule has 1 aromatic carbocycles. The molecule has 0 aromatic heterocycles. The van der Waals surface area contributed by atoms with Crippen molar-refractivity contribution in [1.29, 1.82) is 0 Å². The molecule has 0 saturated carbocycles. The summed E-state index contributed by atoms with van der Waals surface area (Å²) in [6, 6.07) is 5.04. The van der Waals surface area contributed by atoms with Crippen LogP contribution in [0.25, 0.3) is 0 Å². The van der Waals surface area contributed by atoms with Crippen molar-refractivity contribution in [1.82, 2.24) is 9.03 Å². The molecule has 1 fully saturated rings. The molecule has 1 aliphatic rings. The first-order chi connectivity index (χ1) is 11.7. The van der Waals surface area contributed by atoms with E-state index in [9.17, 15) is 21.6 Å². The highest BCUT2D eigenvalue weighted by Gasteiger charge is 2.32. The standard InChI is InChI=1S/C15H22N2O6S2/c1-2-9-16-24(20,21)13-3-5-14(6-4-13)25(22,23)17-10-7-12(8-11-17)15(18)19/h3-6,12,16H,2,7-11H2,1H3,(H,18,19). The van der Waals surface area contributed by atoms with E-state index in [2.05, 4.69) is 4.72 Å². The lowest BCUT2D eigenvalue weighted by molar-refractivity contribution is -0.142. The molecule has 1 aliphatic heterocycles. The lowest BCUT2D eigenvalue weighted by Gasteiger charge is -2.29. The second-order valence-electron chi connectivity index (χ2n) is 5.89. The van der Waals surface area contributed by atoms with Gasteiger partial charge >= 0.3 is 5.97 Å². The fraction of sp³-hybridized carbons (Fsp3) is 0.533. The molecular weight excluding hydrogens is 368 g/mol. The maximum Gasteiger partial charge on any atom is 0.306 e. The third-order valence-corrected chi connectivity index (χ3v) is 7.51. The third kappa shape index (κ3) is 4.57. The van der Waals surface area contributed by atoms with Crippen LogP contribution >= 0.6 is 0 Å². The number of hydrogen-bond acceptors (Lipinski definition) is 5. The summed E-state index contributed by atoms with van der Waals surface area (Å²) in [7, 11) is -7.42. The molecule has 0 bridgehead atoms. The van der Waals surface area contributed by atoms with E-state index in [0.29, 0.717) is 13.0 Å². The Morgan fingerprint density at radius 1 is 1.12 bits per heavy atom. The fourth-order valence-corrected chi connectivity index (χ4v) is 5.21. The predicted octanol–water partition coefficient (Wildman–Crippen LogP) is 0.860. The lowest BCUT2D eigenvalue weighted by Crippen LogP contribution is -2.40. The molecule has 0 radical (unpaired) electrons. The Kier molecular flexibility index (Phi) is 6.20. The summed E-state index contributed by atoms with van der Waals surface area (Å²) in [5.74, 6) is -1.44. The van der Waals surface area contributed by atoms with Gasteiger partial charge in [0.15, 0.2) is 0 Å². The van der Waals surface area contributed by atoms with Crippen LogP contribution in [0.5, 0.6) is 0 Å². The van der Waals surface area contributed by atoms with Crippen LogP contribution in [-0.4, -0.2) is 51.9 Å². The third-order valence-electron chi connectivity index (χ3n) is 4.12. The van der Waals surface area contributed by atoms with Crippen LogP contribution in [0.2, 0.25) is 0 Å². The van der Waals surface area contributed by atoms with E-state index in [1.807, 2.05) is 6.92 Å². The van der Waals surface area contributed by atoms with Gasteiger partial charge in [-0.1, -0.05) is 6.92 Å². The molecule has 0 aliphatic carbocycles. The molecule has 8 nitrogen and oxygen atoms in total. The summed E-state index contributed by atoms with van der Waals surface area (Å²) >= 11 is 0. The van der Waals surface area contributed by atoms with Gasteiger partial charge in [-0.15, -0.1) is 0 Å². The Bertz CT molecular complexity index is 810. The summed E-state index contributed by atoms with van der Waals surface area (Å²) in [6.45, 7) is 2.42. The van der Waals surface area contributed by atoms with Gasteiger partial charge in [-0.25, -0.2) is 21.6 Å². The molecule has 0 spiro atoms. The monoisotopic (exact) mass is 390 g/mol. The summed E-state index contributed by atoms with van der Waals surface area (Å²) in [5, 5.41) is 8.98. The number of sulfonamides is 2. The molecule has 0 amide bonds. The molecule has 0 atom stereocenters. The van der Waals surface area contributed by atoms with E-state index in [4.69, 9.17) is 5.11 Å². The smallest absolute Gasteiger partial charge is 0.306 e. The molecule has 10 heteroatoms. The van der Waals surface area contributed by atoms with Gasteiger partial charge in [-0.2, -0.15) is 4.31 Å². The average Bonchev–Trinajstić information content (AvgIpc) is 2.60. The Morgan fingerprint density at radius 3 is 2.12 bits per heavy atom. The number of carbonyl (C=O) groups is 1. The minimum absolute atomic E-state index is 0.00397. The zero-order valence-corrected chi connectivity index (χ0v) is 15.5. The van der Waals surface area contributed by atoms with Crippen LogP contribution in [0.15, 0.2) is 34.1 Å². The molecule has 0 unspecified atom stereocenters. The van der Waals surface area contributed by atoms with Crippen LogP contribution in [0.1, 0.15) is 26.2 Å². The highest BCUT2D eigenvalue weighted by Crippen LogP contribution is 2.24. The number of carboxylic acids is 1. The van der Waals surface area contributed by atoms with E-state index in [-0.39, 0.29) is 35.7 Å². The topological polar surface area (TPSA) is 121 Å². The zero-order chi connectivity index (χ0) is 18.7. The van der Waals surface area contributed by atoms with Gasteiger partial charge < -0.3 is 5.11 Å². The van der Waals surface area contributed by atoms with Crippen LogP contribution in [0.4, 0.5) is 0 Å². The largest absolute Gasteiger partial charge is 0.481 e. The number of aliphatic carboxylic acids is 1. The van der Waals surface area contributed by atoms with Crippen LogP contribution in [0.3, 0.4) is 0 Å². The predicted molar refractivity (Wildman–Crippen MR) is 91.0 cm³/mol. The van der Waals surface area contributed by atoms with Gasteiger partial charge in [0.05, 0.1) is 15.7 Å². The van der Waals surface area contributed by atoms with Crippen LogP contribution in [0, 0.1) is 5.92 Å². The van der Waals surface area contributed by atoms with Crippen molar-refractivity contribution in [3.8, 4) is 0 Å². The highest BCUT2D eigenvalue weighted by atomic mass is 32.2. The van der Waals surface area contributed by atoms with Gasteiger partial charge in [0.1, 0.15) is 0 Å². The van der Waals surface area contributed by atoms with Gasteiger partial charge in [0.25, 0.3) is 0 Å². The van der Waals surface area contributed by atoms with Gasteiger partial charge in [-0.3, -0.25) is 4.79 Å². The maximum absolute atomic E-state index is 12.6. The van der Waals surface area contributed by atoms with Crippen molar-refractivity contribution < 1.29 is 26.7 Å². The highest BCUT2D eigenvalue weighted by molar-refractivity contribution is 7.89. The number of rotatable bonds is 7. The first kappa shape index (κ1) is 19.8. The Hall–Kier alpha value is -1.49. The molecule has 1 saturated heterocycles. The van der Waals surface area contributed by atoms with E-state index < -0.39 is 31.9 Å². The molecule has 2 rings (SSSR count). The first-order valence-corrected chi connectivity index (χ1v) is 10.9. The minimum atomic E-state index is -3.77. The van der Waals surface area contributed by atoms with Gasteiger partial charge in [0, 0.05) is 19.6 Å². The Balaban J connectivity index is 2.15. The number of benzene rings is 1. The van der Waals surface area contributed by atoms with Gasteiger partial charge in [0.2, 0.25) is 20.0 Å². The minimum Gasteiger partial charge on any atom is -0.481 e. The molecule has 1 aromatic rings. The Labute approximate surface area is 147 Å². The summed E-state index contributed by atoms with van der Waals surface area (Å²) in [5.41, 5.74) is 0. The molecule has 2 N–H and O–H groups in total. The molecule has 140 valence electrons.